The summed E-state index contributed by atoms with van der Waals surface area (Å²) >= 11 is 0. The predicted octanol–water partition coefficient (Wildman–Crippen LogP) is 22.0. The van der Waals surface area contributed by atoms with Crippen LogP contribution in [0.4, 0.5) is 0 Å². The van der Waals surface area contributed by atoms with Crippen LogP contribution in [0.3, 0.4) is 0 Å². The number of unbranched alkanes of at least 4 members (excludes halogenated alkanes) is 31. The van der Waals surface area contributed by atoms with E-state index >= 15 is 0 Å². The molecule has 0 amide bonds. The van der Waals surface area contributed by atoms with Crippen molar-refractivity contribution >= 4 is 17.9 Å². The summed E-state index contributed by atoms with van der Waals surface area (Å²) in [4.78, 5) is 38.4. The van der Waals surface area contributed by atoms with E-state index in [1.54, 1.807) is 0 Å². The molecule has 0 aromatic rings. The van der Waals surface area contributed by atoms with E-state index < -0.39 is 6.10 Å². The first kappa shape index (κ1) is 72.3. The van der Waals surface area contributed by atoms with Crippen LogP contribution in [0.5, 0.6) is 0 Å². The Bertz CT molecular complexity index is 1490. The van der Waals surface area contributed by atoms with Gasteiger partial charge in [-0.05, 0) is 122 Å². The van der Waals surface area contributed by atoms with Gasteiger partial charge in [0.2, 0.25) is 0 Å². The summed E-state index contributed by atoms with van der Waals surface area (Å²) in [6.07, 6.45) is 85.4. The van der Waals surface area contributed by atoms with Gasteiger partial charge < -0.3 is 14.2 Å². The standard InChI is InChI=1S/C70H120O6/c1-4-7-10-13-16-19-22-25-28-31-34-35-37-39-42-45-48-51-54-57-60-63-69(72)75-66-67(65-74-68(71)62-59-56-53-50-47-44-41-38-33-30-27-24-21-18-15-12-9-6-3)76-70(73)64-61-58-55-52-49-46-43-40-36-32-29-26-23-20-17-14-11-8-5-2/h7,10,16-17,19-21,24-26,28-30,33-35,67H,4-6,8-9,11-15,18,22-23,27,31-32,36-66H2,1-3H3/b10-7-,19-16-,20-17-,24-21-,28-25-,29-26-,33-30-,35-34-. The summed E-state index contributed by atoms with van der Waals surface area (Å²) in [5.74, 6) is -0.894. The van der Waals surface area contributed by atoms with E-state index in [1.165, 1.54) is 161 Å². The third-order valence-electron chi connectivity index (χ3n) is 13.8. The number of carbonyl (C=O) groups is 3. The van der Waals surface area contributed by atoms with Gasteiger partial charge in [0.15, 0.2) is 6.10 Å². The van der Waals surface area contributed by atoms with Gasteiger partial charge in [-0.15, -0.1) is 0 Å². The molecule has 0 aromatic heterocycles. The van der Waals surface area contributed by atoms with Crippen LogP contribution >= 0.6 is 0 Å². The SMILES string of the molecule is CC/C=C\C/C=C\C/C=C\C/C=C\CCCCCCCCCCC(=O)OCC(COC(=O)CCCCCCCCC/C=C\C/C=C\CCCCCC)OC(=O)CCCCCCCCCCC/C=C\C/C=C\CCCCC. The van der Waals surface area contributed by atoms with E-state index in [9.17, 15) is 14.4 Å². The number of esters is 3. The number of hydrogen-bond donors (Lipinski definition) is 0. The highest BCUT2D eigenvalue weighted by atomic mass is 16.6. The monoisotopic (exact) mass is 1060 g/mol. The van der Waals surface area contributed by atoms with Crippen LogP contribution in [0, 0.1) is 0 Å². The highest BCUT2D eigenvalue weighted by molar-refractivity contribution is 5.71. The lowest BCUT2D eigenvalue weighted by molar-refractivity contribution is -0.167. The number of allylic oxidation sites excluding steroid dienone is 16. The fourth-order valence-electron chi connectivity index (χ4n) is 8.97. The van der Waals surface area contributed by atoms with Crippen LogP contribution in [0.1, 0.15) is 310 Å². The van der Waals surface area contributed by atoms with Crippen LogP contribution in [0.2, 0.25) is 0 Å². The van der Waals surface area contributed by atoms with Crippen molar-refractivity contribution in [2.24, 2.45) is 0 Å². The van der Waals surface area contributed by atoms with E-state index in [0.29, 0.717) is 19.3 Å². The Morgan fingerprint density at radius 2 is 0.513 bits per heavy atom. The highest BCUT2D eigenvalue weighted by Gasteiger charge is 2.19. The fraction of sp³-hybridized carbons (Fsp3) is 0.729. The summed E-state index contributed by atoms with van der Waals surface area (Å²) in [6.45, 7) is 6.50. The zero-order valence-electron chi connectivity index (χ0n) is 50.0. The maximum atomic E-state index is 12.9. The molecule has 0 aromatic carbocycles. The van der Waals surface area contributed by atoms with Crippen LogP contribution < -0.4 is 0 Å². The molecule has 6 heteroatoms. The van der Waals surface area contributed by atoms with E-state index in [0.717, 1.165) is 109 Å². The summed E-state index contributed by atoms with van der Waals surface area (Å²) in [7, 11) is 0. The average Bonchev–Trinajstić information content (AvgIpc) is 3.42. The molecule has 0 fully saturated rings. The van der Waals surface area contributed by atoms with E-state index in [4.69, 9.17) is 14.2 Å². The average molecular weight is 1060 g/mol. The van der Waals surface area contributed by atoms with Crippen LogP contribution in [0.25, 0.3) is 0 Å². The van der Waals surface area contributed by atoms with Crippen molar-refractivity contribution in [1.82, 2.24) is 0 Å². The van der Waals surface area contributed by atoms with E-state index in [-0.39, 0.29) is 31.1 Å². The van der Waals surface area contributed by atoms with Gasteiger partial charge >= 0.3 is 17.9 Å². The Morgan fingerprint density at radius 3 is 0.829 bits per heavy atom. The van der Waals surface area contributed by atoms with Gasteiger partial charge in [0.05, 0.1) is 0 Å². The van der Waals surface area contributed by atoms with E-state index in [2.05, 4.69) is 118 Å². The molecule has 1 unspecified atom stereocenters. The first-order chi connectivity index (χ1) is 37.5. The molecule has 0 N–H and O–H groups in total. The molecule has 0 aliphatic carbocycles. The van der Waals surface area contributed by atoms with Crippen molar-refractivity contribution in [2.75, 3.05) is 13.2 Å². The first-order valence-electron chi connectivity index (χ1n) is 32.2. The van der Waals surface area contributed by atoms with Crippen LogP contribution in [-0.2, 0) is 28.6 Å². The fourth-order valence-corrected chi connectivity index (χ4v) is 8.97. The van der Waals surface area contributed by atoms with Crippen molar-refractivity contribution in [3.63, 3.8) is 0 Å². The lowest BCUT2D eigenvalue weighted by Gasteiger charge is -2.18. The van der Waals surface area contributed by atoms with Crippen molar-refractivity contribution < 1.29 is 28.6 Å². The van der Waals surface area contributed by atoms with Gasteiger partial charge in [-0.3, -0.25) is 14.4 Å². The highest BCUT2D eigenvalue weighted by Crippen LogP contribution is 2.16. The van der Waals surface area contributed by atoms with Crippen molar-refractivity contribution in [2.45, 2.75) is 316 Å². The van der Waals surface area contributed by atoms with Crippen LogP contribution in [0.15, 0.2) is 97.2 Å². The molecule has 0 rings (SSSR count). The topological polar surface area (TPSA) is 78.9 Å². The minimum Gasteiger partial charge on any atom is -0.462 e. The summed E-state index contributed by atoms with van der Waals surface area (Å²) < 4.78 is 16.9. The second-order valence-electron chi connectivity index (χ2n) is 21.3. The second kappa shape index (κ2) is 63.9. The number of hydrogen-bond acceptors (Lipinski definition) is 6. The number of rotatable bonds is 58. The first-order valence-corrected chi connectivity index (χ1v) is 32.2. The number of ether oxygens (including phenoxy) is 3. The lowest BCUT2D eigenvalue weighted by Crippen LogP contribution is -2.30. The molecular weight excluding hydrogens is 937 g/mol. The molecule has 0 saturated heterocycles. The number of carbonyl (C=O) groups excluding carboxylic acids is 3. The van der Waals surface area contributed by atoms with Crippen molar-refractivity contribution in [1.29, 1.82) is 0 Å². The Labute approximate surface area is 470 Å². The Balaban J connectivity index is 4.41. The molecule has 76 heavy (non-hydrogen) atoms. The molecule has 0 bridgehead atoms. The lowest BCUT2D eigenvalue weighted by atomic mass is 10.1. The largest absolute Gasteiger partial charge is 0.462 e. The smallest absolute Gasteiger partial charge is 0.306 e. The molecule has 6 nitrogen and oxygen atoms in total. The van der Waals surface area contributed by atoms with Gasteiger partial charge in [-0.1, -0.05) is 266 Å². The van der Waals surface area contributed by atoms with Gasteiger partial charge in [-0.25, -0.2) is 0 Å². The molecule has 0 aliphatic rings. The summed E-state index contributed by atoms with van der Waals surface area (Å²) in [6, 6.07) is 0. The van der Waals surface area contributed by atoms with E-state index in [1.807, 2.05) is 0 Å². The molecular formula is C70H120O6. The minimum absolute atomic E-state index is 0.0854. The summed E-state index contributed by atoms with van der Waals surface area (Å²) in [5.41, 5.74) is 0. The van der Waals surface area contributed by atoms with Gasteiger partial charge in [0, 0.05) is 19.3 Å². The minimum atomic E-state index is -0.789. The molecule has 0 spiro atoms. The van der Waals surface area contributed by atoms with Crippen molar-refractivity contribution in [3.8, 4) is 0 Å². The molecule has 0 saturated carbocycles. The molecule has 436 valence electrons. The Morgan fingerprint density at radius 1 is 0.276 bits per heavy atom. The Hall–Kier alpha value is -3.67. The van der Waals surface area contributed by atoms with Gasteiger partial charge in [0.1, 0.15) is 13.2 Å². The normalized spacial score (nSPS) is 12.7. The Kier molecular flexibility index (Phi) is 60.8. The zero-order valence-corrected chi connectivity index (χ0v) is 50.0. The maximum absolute atomic E-state index is 12.9. The van der Waals surface area contributed by atoms with Gasteiger partial charge in [0.25, 0.3) is 0 Å². The quantitative estimate of drug-likeness (QED) is 0.0261. The zero-order chi connectivity index (χ0) is 55.0. The second-order valence-corrected chi connectivity index (χ2v) is 21.3. The third-order valence-corrected chi connectivity index (χ3v) is 13.8. The molecule has 0 radical (unpaired) electrons. The van der Waals surface area contributed by atoms with Gasteiger partial charge in [-0.2, -0.15) is 0 Å². The maximum Gasteiger partial charge on any atom is 0.306 e. The molecule has 0 heterocycles. The third kappa shape index (κ3) is 61.2. The van der Waals surface area contributed by atoms with Crippen molar-refractivity contribution in [3.05, 3.63) is 97.2 Å². The summed E-state index contributed by atoms with van der Waals surface area (Å²) in [5, 5.41) is 0. The predicted molar refractivity (Wildman–Crippen MR) is 330 cm³/mol. The molecule has 1 atom stereocenters. The molecule has 0 aliphatic heterocycles. The van der Waals surface area contributed by atoms with Crippen LogP contribution in [-0.4, -0.2) is 37.2 Å².